The Morgan fingerprint density at radius 1 is 0.889 bits per heavy atom. The number of aliphatic hydroxyl groups excluding tert-OH is 1. The number of hydrogen-bond donors (Lipinski definition) is 1. The molecule has 3 atom stereocenters. The molecule has 7 nitrogen and oxygen atoms in total. The highest BCUT2D eigenvalue weighted by atomic mass is 32.2. The van der Waals surface area contributed by atoms with Crippen LogP contribution in [-0.2, 0) is 10.2 Å². The average Bonchev–Trinajstić information content (AvgIpc) is 2.85. The summed E-state index contributed by atoms with van der Waals surface area (Å²) in [5.74, 6) is 0.117. The van der Waals surface area contributed by atoms with Gasteiger partial charge in [-0.2, -0.15) is 17.0 Å². The molecule has 2 aromatic carbocycles. The van der Waals surface area contributed by atoms with Gasteiger partial charge in [-0.25, -0.2) is 0 Å². The van der Waals surface area contributed by atoms with E-state index in [1.54, 1.807) is 8.61 Å². The second-order valence-electron chi connectivity index (χ2n) is 10.7. The largest absolute Gasteiger partial charge is 0.395 e. The summed E-state index contributed by atoms with van der Waals surface area (Å²) >= 11 is 0. The topological polar surface area (TPSA) is 67.3 Å². The summed E-state index contributed by atoms with van der Waals surface area (Å²) in [7, 11) is -1.46. The lowest BCUT2D eigenvalue weighted by Crippen LogP contribution is -2.68. The van der Waals surface area contributed by atoms with E-state index in [1.165, 1.54) is 27.8 Å². The van der Waals surface area contributed by atoms with Crippen molar-refractivity contribution in [3.05, 3.63) is 59.2 Å². The molecule has 3 aliphatic rings. The van der Waals surface area contributed by atoms with Crippen LogP contribution in [0.3, 0.4) is 0 Å². The van der Waals surface area contributed by atoms with E-state index in [9.17, 15) is 13.5 Å². The molecule has 3 aliphatic heterocycles. The van der Waals surface area contributed by atoms with Crippen LogP contribution in [0.4, 0.5) is 0 Å². The van der Waals surface area contributed by atoms with Crippen LogP contribution in [0.25, 0.3) is 11.1 Å². The van der Waals surface area contributed by atoms with Crippen molar-refractivity contribution in [3.63, 3.8) is 0 Å². The van der Waals surface area contributed by atoms with Crippen LogP contribution in [0.5, 0.6) is 0 Å². The van der Waals surface area contributed by atoms with Crippen LogP contribution in [0.1, 0.15) is 35.4 Å². The fraction of sp³-hybridized carbons (Fsp3) is 0.571. The maximum Gasteiger partial charge on any atom is 0.282 e. The van der Waals surface area contributed by atoms with Gasteiger partial charge in [0.25, 0.3) is 10.2 Å². The van der Waals surface area contributed by atoms with E-state index in [1.807, 2.05) is 7.05 Å². The predicted molar refractivity (Wildman–Crippen MR) is 144 cm³/mol. The lowest BCUT2D eigenvalue weighted by molar-refractivity contribution is -0.0559. The third-order valence-corrected chi connectivity index (χ3v) is 10.7. The minimum Gasteiger partial charge on any atom is -0.395 e. The highest BCUT2D eigenvalue weighted by molar-refractivity contribution is 7.86. The summed E-state index contributed by atoms with van der Waals surface area (Å²) < 4.78 is 30.6. The molecular formula is C28H40N4O3S. The Kier molecular flexibility index (Phi) is 7.54. The zero-order valence-corrected chi connectivity index (χ0v) is 22.6. The van der Waals surface area contributed by atoms with Crippen LogP contribution in [0.15, 0.2) is 42.5 Å². The van der Waals surface area contributed by atoms with Gasteiger partial charge in [-0.3, -0.25) is 4.90 Å². The molecule has 0 unspecified atom stereocenters. The highest BCUT2D eigenvalue weighted by Gasteiger charge is 2.50. The van der Waals surface area contributed by atoms with E-state index >= 15 is 0 Å². The van der Waals surface area contributed by atoms with Gasteiger partial charge < -0.3 is 10.0 Å². The molecule has 0 radical (unpaired) electrons. The van der Waals surface area contributed by atoms with Gasteiger partial charge in [-0.1, -0.05) is 42.5 Å². The zero-order chi connectivity index (χ0) is 25.4. The molecule has 0 spiro atoms. The summed E-state index contributed by atoms with van der Waals surface area (Å²) in [5, 5.41) is 10.3. The minimum atomic E-state index is -3.50. The third-order valence-electron chi connectivity index (χ3n) is 8.66. The number of benzene rings is 2. The van der Waals surface area contributed by atoms with Crippen molar-refractivity contribution in [2.24, 2.45) is 0 Å². The molecule has 3 saturated heterocycles. The second kappa shape index (κ2) is 10.5. The van der Waals surface area contributed by atoms with Gasteiger partial charge in [0.05, 0.1) is 6.61 Å². The first kappa shape index (κ1) is 25.8. The molecule has 8 heteroatoms. The monoisotopic (exact) mass is 512 g/mol. The summed E-state index contributed by atoms with van der Waals surface area (Å²) in [5.41, 5.74) is 6.18. The Bertz CT molecular complexity index is 1160. The fourth-order valence-corrected chi connectivity index (χ4v) is 7.90. The van der Waals surface area contributed by atoms with Crippen LogP contribution in [0, 0.1) is 13.8 Å². The number of piperazine rings is 1. The normalized spacial score (nSPS) is 27.2. The summed E-state index contributed by atoms with van der Waals surface area (Å²) in [4.78, 5) is 4.52. The van der Waals surface area contributed by atoms with Crippen molar-refractivity contribution in [2.75, 3.05) is 59.5 Å². The quantitative estimate of drug-likeness (QED) is 0.667. The van der Waals surface area contributed by atoms with Gasteiger partial charge in [-0.15, -0.1) is 0 Å². The molecular weight excluding hydrogens is 472 g/mol. The summed E-state index contributed by atoms with van der Waals surface area (Å²) in [6.07, 6.45) is 1.80. The molecule has 0 saturated carbocycles. The Labute approximate surface area is 216 Å². The van der Waals surface area contributed by atoms with Crippen LogP contribution in [0.2, 0.25) is 0 Å². The van der Waals surface area contributed by atoms with Crippen molar-refractivity contribution in [1.29, 1.82) is 0 Å². The first-order valence-electron chi connectivity index (χ1n) is 13.3. The number of rotatable bonds is 5. The predicted octanol–water partition coefficient (Wildman–Crippen LogP) is 2.69. The standard InChI is InChI=1S/C28H40N4O3S/c1-21-7-6-8-25(22(21)2)23-9-11-24(12-10-23)28-26-19-31(13-4-5-14-32(26)27(28)20-33)36(34,35)30-17-15-29(3)16-18-30/h6-12,26-28,33H,4-5,13-20H2,1-3H3/t26-,27+,28-/m0/s1. The Morgan fingerprint density at radius 2 is 1.58 bits per heavy atom. The van der Waals surface area contributed by atoms with Gasteiger partial charge in [0.1, 0.15) is 0 Å². The van der Waals surface area contributed by atoms with Crippen molar-refractivity contribution < 1.29 is 13.5 Å². The second-order valence-corrected chi connectivity index (χ2v) is 12.7. The Morgan fingerprint density at radius 3 is 2.28 bits per heavy atom. The number of nitrogens with zero attached hydrogens (tertiary/aromatic N) is 4. The SMILES string of the molecule is Cc1cccc(-c2ccc([C@@H]3[C@@H](CO)N4CCCCN(S(=O)(=O)N5CCN(C)CC5)C[C@@H]34)cc2)c1C. The highest BCUT2D eigenvalue weighted by Crippen LogP contribution is 2.43. The lowest BCUT2D eigenvalue weighted by Gasteiger charge is -2.57. The number of aryl methyl sites for hydroxylation is 1. The number of fused-ring (bicyclic) bond motifs is 1. The van der Waals surface area contributed by atoms with Gasteiger partial charge in [0.15, 0.2) is 0 Å². The van der Waals surface area contributed by atoms with Crippen molar-refractivity contribution in [3.8, 4) is 11.1 Å². The first-order chi connectivity index (χ1) is 17.3. The number of hydrogen-bond acceptors (Lipinski definition) is 5. The zero-order valence-electron chi connectivity index (χ0n) is 21.8. The van der Waals surface area contributed by atoms with Crippen molar-refractivity contribution >= 4 is 10.2 Å². The third kappa shape index (κ3) is 4.75. The molecule has 0 aromatic heterocycles. The van der Waals surface area contributed by atoms with Gasteiger partial charge in [0.2, 0.25) is 0 Å². The molecule has 196 valence electrons. The maximum absolute atomic E-state index is 13.6. The van der Waals surface area contributed by atoms with E-state index in [0.717, 1.165) is 32.5 Å². The maximum atomic E-state index is 13.6. The van der Waals surface area contributed by atoms with Crippen molar-refractivity contribution in [2.45, 2.75) is 44.7 Å². The van der Waals surface area contributed by atoms with Crippen LogP contribution >= 0.6 is 0 Å². The van der Waals surface area contributed by atoms with Gasteiger partial charge in [0, 0.05) is 57.3 Å². The molecule has 0 bridgehead atoms. The number of aliphatic hydroxyl groups is 1. The summed E-state index contributed by atoms with van der Waals surface area (Å²) in [6.45, 7) is 8.98. The van der Waals surface area contributed by atoms with Gasteiger partial charge >= 0.3 is 0 Å². The fourth-order valence-electron chi connectivity index (χ4n) is 6.25. The smallest absolute Gasteiger partial charge is 0.282 e. The van der Waals surface area contributed by atoms with Crippen LogP contribution in [-0.4, -0.2) is 103 Å². The van der Waals surface area contributed by atoms with E-state index < -0.39 is 10.2 Å². The van der Waals surface area contributed by atoms with Crippen molar-refractivity contribution in [1.82, 2.24) is 18.4 Å². The Balaban J connectivity index is 1.39. The molecule has 0 amide bonds. The van der Waals surface area contributed by atoms with E-state index in [2.05, 4.69) is 66.1 Å². The molecule has 5 rings (SSSR count). The average molecular weight is 513 g/mol. The molecule has 0 aliphatic carbocycles. The molecule has 3 heterocycles. The van der Waals surface area contributed by atoms with Gasteiger partial charge in [-0.05, 0) is 68.1 Å². The Hall–Kier alpha value is -1.81. The minimum absolute atomic E-state index is 0.0350. The van der Waals surface area contributed by atoms with E-state index in [4.69, 9.17) is 0 Å². The molecule has 2 aromatic rings. The van der Waals surface area contributed by atoms with E-state index in [-0.39, 0.29) is 24.6 Å². The number of likely N-dealkylation sites (N-methyl/N-ethyl adjacent to an activating group) is 1. The van der Waals surface area contributed by atoms with E-state index in [0.29, 0.717) is 26.2 Å². The summed E-state index contributed by atoms with van der Waals surface area (Å²) in [6, 6.07) is 15.2. The molecule has 1 N–H and O–H groups in total. The van der Waals surface area contributed by atoms with Crippen LogP contribution < -0.4 is 0 Å². The first-order valence-corrected chi connectivity index (χ1v) is 14.7. The lowest BCUT2D eigenvalue weighted by atomic mass is 9.74. The molecule has 3 fully saturated rings. The molecule has 36 heavy (non-hydrogen) atoms.